The van der Waals surface area contributed by atoms with Crippen molar-refractivity contribution >= 4 is 11.6 Å². The third kappa shape index (κ3) is 2.83. The van der Waals surface area contributed by atoms with Crippen molar-refractivity contribution < 1.29 is 13.9 Å². The van der Waals surface area contributed by atoms with Crippen molar-refractivity contribution in [1.29, 1.82) is 0 Å². The number of alkyl halides is 1. The Bertz CT molecular complexity index is 355. The molecule has 0 aliphatic heterocycles. The normalized spacial score (nSPS) is 9.73. The number of nitrogens with one attached hydrogen (secondary N) is 1. The zero-order valence-corrected chi connectivity index (χ0v) is 8.42. The highest BCUT2D eigenvalue weighted by Gasteiger charge is 2.11. The molecule has 0 spiro atoms. The molecule has 0 heterocycles. The summed E-state index contributed by atoms with van der Waals surface area (Å²) in [5, 5.41) is 2.40. The van der Waals surface area contributed by atoms with E-state index in [0.717, 1.165) is 0 Å². The lowest BCUT2D eigenvalue weighted by atomic mass is 10.1. The fourth-order valence-electron chi connectivity index (χ4n) is 1.16. The van der Waals surface area contributed by atoms with Crippen LogP contribution in [0, 0.1) is 0 Å². The van der Waals surface area contributed by atoms with E-state index in [-0.39, 0.29) is 6.54 Å². The molecule has 0 aliphatic carbocycles. The van der Waals surface area contributed by atoms with Crippen molar-refractivity contribution in [2.24, 2.45) is 0 Å². The second kappa shape index (κ2) is 5.19. The minimum Gasteiger partial charge on any atom is -0.496 e. The highest BCUT2D eigenvalue weighted by atomic mass is 19.1. The summed E-state index contributed by atoms with van der Waals surface area (Å²) < 4.78 is 16.9. The predicted octanol–water partition coefficient (Wildman–Crippen LogP) is 0.977. The Balaban J connectivity index is 2.90. The Labute approximate surface area is 87.2 Å². The van der Waals surface area contributed by atoms with Crippen LogP contribution >= 0.6 is 0 Å². The van der Waals surface area contributed by atoms with E-state index in [0.29, 0.717) is 17.0 Å². The molecule has 4 nitrogen and oxygen atoms in total. The fraction of sp³-hybridized carbons (Fsp3) is 0.300. The summed E-state index contributed by atoms with van der Waals surface area (Å²) in [7, 11) is 1.46. The van der Waals surface area contributed by atoms with Crippen LogP contribution < -0.4 is 15.8 Å². The Morgan fingerprint density at radius 3 is 2.93 bits per heavy atom. The first-order valence-electron chi connectivity index (χ1n) is 4.46. The molecule has 1 aromatic carbocycles. The molecule has 0 saturated heterocycles. The van der Waals surface area contributed by atoms with Gasteiger partial charge in [-0.05, 0) is 18.2 Å². The van der Waals surface area contributed by atoms with E-state index in [1.165, 1.54) is 13.2 Å². The first-order chi connectivity index (χ1) is 7.19. The molecule has 15 heavy (non-hydrogen) atoms. The molecule has 3 N–H and O–H groups in total. The van der Waals surface area contributed by atoms with Gasteiger partial charge in [-0.15, -0.1) is 0 Å². The number of carbonyl (C=O) groups is 1. The van der Waals surface area contributed by atoms with E-state index in [9.17, 15) is 9.18 Å². The second-order valence-electron chi connectivity index (χ2n) is 2.90. The molecule has 5 heteroatoms. The minimum absolute atomic E-state index is 0.0171. The fourth-order valence-corrected chi connectivity index (χ4v) is 1.16. The average Bonchev–Trinajstić information content (AvgIpc) is 2.25. The Morgan fingerprint density at radius 2 is 2.33 bits per heavy atom. The van der Waals surface area contributed by atoms with Gasteiger partial charge in [0.25, 0.3) is 5.91 Å². The summed E-state index contributed by atoms with van der Waals surface area (Å²) >= 11 is 0. The monoisotopic (exact) mass is 212 g/mol. The van der Waals surface area contributed by atoms with E-state index < -0.39 is 12.6 Å². The lowest BCUT2D eigenvalue weighted by molar-refractivity contribution is 0.0948. The van der Waals surface area contributed by atoms with Gasteiger partial charge >= 0.3 is 0 Å². The average molecular weight is 212 g/mol. The number of nitrogens with two attached hydrogens (primary N) is 1. The predicted molar refractivity (Wildman–Crippen MR) is 55.7 cm³/mol. The topological polar surface area (TPSA) is 64.3 Å². The van der Waals surface area contributed by atoms with Crippen molar-refractivity contribution in [3.8, 4) is 5.75 Å². The van der Waals surface area contributed by atoms with Gasteiger partial charge in [-0.25, -0.2) is 4.39 Å². The van der Waals surface area contributed by atoms with Crippen LogP contribution in [0.4, 0.5) is 10.1 Å². The molecular formula is C10H13FN2O2. The number of amides is 1. The van der Waals surface area contributed by atoms with E-state index in [1.54, 1.807) is 12.1 Å². The molecule has 1 rings (SSSR count). The largest absolute Gasteiger partial charge is 0.496 e. The van der Waals surface area contributed by atoms with E-state index in [4.69, 9.17) is 10.5 Å². The van der Waals surface area contributed by atoms with E-state index in [1.807, 2.05) is 0 Å². The quantitative estimate of drug-likeness (QED) is 0.731. The highest BCUT2D eigenvalue weighted by molar-refractivity contribution is 5.97. The number of ether oxygens (including phenoxy) is 1. The third-order valence-electron chi connectivity index (χ3n) is 1.85. The molecule has 0 unspecified atom stereocenters. The van der Waals surface area contributed by atoms with Crippen LogP contribution in [0.5, 0.6) is 5.75 Å². The lowest BCUT2D eigenvalue weighted by Gasteiger charge is -2.08. The standard InChI is InChI=1S/C10H13FN2O2/c1-15-9-3-2-7(12)6-8(9)10(14)13-5-4-11/h2-3,6H,4-5,12H2,1H3,(H,13,14). The molecule has 0 aliphatic rings. The summed E-state index contributed by atoms with van der Waals surface area (Å²) in [5.41, 5.74) is 6.31. The SMILES string of the molecule is COc1ccc(N)cc1C(=O)NCCF. The molecule has 0 bridgehead atoms. The number of hydrogen-bond acceptors (Lipinski definition) is 3. The molecule has 0 saturated carbocycles. The van der Waals surface area contributed by atoms with Gasteiger partial charge < -0.3 is 15.8 Å². The van der Waals surface area contributed by atoms with Crippen LogP contribution in [0.3, 0.4) is 0 Å². The number of benzene rings is 1. The Kier molecular flexibility index (Phi) is 3.91. The number of rotatable bonds is 4. The number of hydrogen-bond donors (Lipinski definition) is 2. The maximum absolute atomic E-state index is 11.9. The first kappa shape index (κ1) is 11.3. The van der Waals surface area contributed by atoms with Gasteiger partial charge in [0.05, 0.1) is 12.7 Å². The molecular weight excluding hydrogens is 199 g/mol. The Hall–Kier alpha value is -1.78. The molecule has 0 fully saturated rings. The summed E-state index contributed by atoms with van der Waals surface area (Å²) in [6, 6.07) is 4.72. The second-order valence-corrected chi connectivity index (χ2v) is 2.90. The van der Waals surface area contributed by atoms with Crippen LogP contribution in [-0.2, 0) is 0 Å². The van der Waals surface area contributed by atoms with Crippen molar-refractivity contribution in [3.63, 3.8) is 0 Å². The maximum Gasteiger partial charge on any atom is 0.255 e. The van der Waals surface area contributed by atoms with E-state index >= 15 is 0 Å². The molecule has 0 atom stereocenters. The van der Waals surface area contributed by atoms with Crippen LogP contribution in [-0.4, -0.2) is 26.2 Å². The summed E-state index contributed by atoms with van der Waals surface area (Å²) in [4.78, 5) is 11.5. The van der Waals surface area contributed by atoms with Gasteiger partial charge in [0.15, 0.2) is 0 Å². The molecule has 0 radical (unpaired) electrons. The van der Waals surface area contributed by atoms with Gasteiger partial charge in [-0.1, -0.05) is 0 Å². The molecule has 1 aromatic rings. The molecule has 1 amide bonds. The van der Waals surface area contributed by atoms with Gasteiger partial charge in [0, 0.05) is 12.2 Å². The molecule has 82 valence electrons. The zero-order valence-electron chi connectivity index (χ0n) is 8.42. The number of carbonyl (C=O) groups excluding carboxylic acids is 1. The van der Waals surface area contributed by atoms with Gasteiger partial charge in [-0.3, -0.25) is 4.79 Å². The number of anilines is 1. The zero-order chi connectivity index (χ0) is 11.3. The van der Waals surface area contributed by atoms with Crippen LogP contribution in [0.25, 0.3) is 0 Å². The summed E-state index contributed by atoms with van der Waals surface area (Å²) in [6.07, 6.45) is 0. The van der Waals surface area contributed by atoms with Crippen LogP contribution in [0.2, 0.25) is 0 Å². The van der Waals surface area contributed by atoms with Gasteiger partial charge in [-0.2, -0.15) is 0 Å². The van der Waals surface area contributed by atoms with Crippen molar-refractivity contribution in [1.82, 2.24) is 5.32 Å². The summed E-state index contributed by atoms with van der Waals surface area (Å²) in [5.74, 6) is 0.0253. The number of nitrogen functional groups attached to an aromatic ring is 1. The maximum atomic E-state index is 11.9. The number of halogens is 1. The smallest absolute Gasteiger partial charge is 0.255 e. The number of methoxy groups -OCH3 is 1. The molecule has 0 aromatic heterocycles. The highest BCUT2D eigenvalue weighted by Crippen LogP contribution is 2.20. The van der Waals surface area contributed by atoms with Crippen LogP contribution in [0.15, 0.2) is 18.2 Å². The van der Waals surface area contributed by atoms with Crippen molar-refractivity contribution in [2.75, 3.05) is 26.1 Å². The van der Waals surface area contributed by atoms with E-state index in [2.05, 4.69) is 5.32 Å². The van der Waals surface area contributed by atoms with Crippen LogP contribution in [0.1, 0.15) is 10.4 Å². The lowest BCUT2D eigenvalue weighted by Crippen LogP contribution is -2.26. The minimum atomic E-state index is -0.601. The summed E-state index contributed by atoms with van der Waals surface area (Å²) in [6.45, 7) is -0.618. The van der Waals surface area contributed by atoms with Crippen molar-refractivity contribution in [2.45, 2.75) is 0 Å². The van der Waals surface area contributed by atoms with Gasteiger partial charge in [0.1, 0.15) is 12.4 Å². The Morgan fingerprint density at radius 1 is 1.60 bits per heavy atom. The van der Waals surface area contributed by atoms with Gasteiger partial charge in [0.2, 0.25) is 0 Å². The van der Waals surface area contributed by atoms with Crippen molar-refractivity contribution in [3.05, 3.63) is 23.8 Å². The third-order valence-corrected chi connectivity index (χ3v) is 1.85. The first-order valence-corrected chi connectivity index (χ1v) is 4.46.